The highest BCUT2D eigenvalue weighted by atomic mass is 16.2. The molecule has 19 heavy (non-hydrogen) atoms. The summed E-state index contributed by atoms with van der Waals surface area (Å²) in [5.41, 5.74) is -0.573. The summed E-state index contributed by atoms with van der Waals surface area (Å²) in [6, 6.07) is -0.287. The third-order valence-electron chi connectivity index (χ3n) is 4.48. The average Bonchev–Trinajstić information content (AvgIpc) is 2.80. The molecule has 1 unspecified atom stereocenters. The van der Waals surface area contributed by atoms with Crippen LogP contribution in [0.2, 0.25) is 0 Å². The van der Waals surface area contributed by atoms with Crippen LogP contribution in [0.4, 0.5) is 0 Å². The van der Waals surface area contributed by atoms with Crippen molar-refractivity contribution in [3.63, 3.8) is 0 Å². The molecule has 1 aliphatic heterocycles. The maximum Gasteiger partial charge on any atom is 0.249 e. The first kappa shape index (κ1) is 14.4. The van der Waals surface area contributed by atoms with Crippen LogP contribution in [0.3, 0.4) is 0 Å². The van der Waals surface area contributed by atoms with Crippen LogP contribution in [0.25, 0.3) is 0 Å². The first-order valence-corrected chi connectivity index (χ1v) is 7.65. The van der Waals surface area contributed by atoms with Gasteiger partial charge >= 0.3 is 0 Å². The molecule has 2 rings (SSSR count). The molecule has 0 radical (unpaired) electrons. The van der Waals surface area contributed by atoms with Gasteiger partial charge in [0.25, 0.3) is 0 Å². The van der Waals surface area contributed by atoms with Gasteiger partial charge in [-0.05, 0) is 25.2 Å². The zero-order chi connectivity index (χ0) is 14.0. The minimum Gasteiger partial charge on any atom is -0.340 e. The Balaban J connectivity index is 2.25. The molecule has 1 aliphatic carbocycles. The number of hydrogen-bond acceptors (Lipinski definition) is 2. The molecule has 2 fully saturated rings. The molecule has 4 heteroatoms. The minimum atomic E-state index is -0.573. The van der Waals surface area contributed by atoms with Crippen molar-refractivity contribution in [2.75, 3.05) is 6.54 Å². The Morgan fingerprint density at radius 2 is 1.95 bits per heavy atom. The van der Waals surface area contributed by atoms with E-state index in [-0.39, 0.29) is 23.8 Å². The van der Waals surface area contributed by atoms with Gasteiger partial charge in [0.1, 0.15) is 11.6 Å². The van der Waals surface area contributed by atoms with Gasteiger partial charge in [0.2, 0.25) is 11.8 Å². The van der Waals surface area contributed by atoms with E-state index in [9.17, 15) is 9.59 Å². The van der Waals surface area contributed by atoms with Crippen LogP contribution in [0.1, 0.15) is 59.3 Å². The first-order chi connectivity index (χ1) is 9.02. The highest BCUT2D eigenvalue weighted by molar-refractivity contribution is 6.00. The van der Waals surface area contributed by atoms with Crippen molar-refractivity contribution in [2.24, 2.45) is 5.92 Å². The van der Waals surface area contributed by atoms with Gasteiger partial charge in [-0.15, -0.1) is 0 Å². The lowest BCUT2D eigenvalue weighted by atomic mass is 9.87. The maximum absolute atomic E-state index is 12.8. The van der Waals surface area contributed by atoms with Crippen LogP contribution in [-0.4, -0.2) is 34.8 Å². The number of carbonyl (C=O) groups is 2. The van der Waals surface area contributed by atoms with Crippen molar-refractivity contribution in [1.29, 1.82) is 0 Å². The van der Waals surface area contributed by atoms with E-state index in [2.05, 4.69) is 12.2 Å². The Kier molecular flexibility index (Phi) is 4.16. The largest absolute Gasteiger partial charge is 0.340 e. The van der Waals surface area contributed by atoms with Gasteiger partial charge in [-0.1, -0.05) is 40.0 Å². The second-order valence-electron chi connectivity index (χ2n) is 6.32. The molecule has 1 N–H and O–H groups in total. The van der Waals surface area contributed by atoms with Crippen LogP contribution >= 0.6 is 0 Å². The van der Waals surface area contributed by atoms with Crippen LogP contribution in [0.15, 0.2) is 0 Å². The molecule has 1 atom stereocenters. The summed E-state index contributed by atoms with van der Waals surface area (Å²) in [6.07, 6.45) is 5.72. The molecule has 1 saturated carbocycles. The fourth-order valence-electron chi connectivity index (χ4n) is 3.46. The zero-order valence-corrected chi connectivity index (χ0v) is 12.4. The van der Waals surface area contributed by atoms with Gasteiger partial charge in [0, 0.05) is 6.54 Å². The lowest BCUT2D eigenvalue weighted by Gasteiger charge is -2.46. The van der Waals surface area contributed by atoms with Crippen LogP contribution in [0.5, 0.6) is 0 Å². The summed E-state index contributed by atoms with van der Waals surface area (Å²) in [4.78, 5) is 27.1. The van der Waals surface area contributed by atoms with Gasteiger partial charge in [-0.2, -0.15) is 0 Å². The average molecular weight is 266 g/mol. The van der Waals surface area contributed by atoms with Gasteiger partial charge in [0.15, 0.2) is 0 Å². The predicted molar refractivity (Wildman–Crippen MR) is 74.6 cm³/mol. The first-order valence-electron chi connectivity index (χ1n) is 7.65. The van der Waals surface area contributed by atoms with Gasteiger partial charge in [0.05, 0.1) is 0 Å². The normalized spacial score (nSPS) is 26.3. The van der Waals surface area contributed by atoms with Crippen molar-refractivity contribution in [1.82, 2.24) is 10.2 Å². The number of nitrogens with one attached hydrogen (secondary N) is 1. The molecule has 0 aromatic heterocycles. The summed E-state index contributed by atoms with van der Waals surface area (Å²) in [6.45, 7) is 6.86. The fraction of sp³-hybridized carbons (Fsp3) is 0.867. The molecule has 2 amide bonds. The Morgan fingerprint density at radius 1 is 1.32 bits per heavy atom. The molecule has 1 heterocycles. The van der Waals surface area contributed by atoms with E-state index in [1.807, 2.05) is 18.7 Å². The lowest BCUT2D eigenvalue weighted by molar-refractivity contribution is -0.156. The molecule has 0 bridgehead atoms. The number of nitrogens with zero attached hydrogens (tertiary/aromatic N) is 1. The van der Waals surface area contributed by atoms with Gasteiger partial charge < -0.3 is 10.2 Å². The van der Waals surface area contributed by atoms with E-state index in [0.29, 0.717) is 6.54 Å². The molecule has 1 saturated heterocycles. The number of carbonyl (C=O) groups excluding carboxylic acids is 2. The van der Waals surface area contributed by atoms with E-state index in [0.717, 1.165) is 38.5 Å². The van der Waals surface area contributed by atoms with Crippen LogP contribution < -0.4 is 5.32 Å². The van der Waals surface area contributed by atoms with E-state index in [4.69, 9.17) is 0 Å². The number of rotatable bonds is 4. The number of amides is 2. The minimum absolute atomic E-state index is 0.0487. The number of piperazine rings is 1. The molecule has 2 aliphatic rings. The van der Waals surface area contributed by atoms with Crippen molar-refractivity contribution in [3.05, 3.63) is 0 Å². The predicted octanol–water partition coefficient (Wildman–Crippen LogP) is 2.08. The Hall–Kier alpha value is -1.06. The maximum atomic E-state index is 12.8. The van der Waals surface area contributed by atoms with Crippen LogP contribution in [-0.2, 0) is 9.59 Å². The van der Waals surface area contributed by atoms with Crippen molar-refractivity contribution >= 4 is 11.8 Å². The molecular formula is C15H26N2O2. The van der Waals surface area contributed by atoms with E-state index < -0.39 is 5.54 Å². The molecule has 0 aromatic rings. The van der Waals surface area contributed by atoms with E-state index in [1.165, 1.54) is 0 Å². The van der Waals surface area contributed by atoms with Crippen molar-refractivity contribution in [3.8, 4) is 0 Å². The third-order valence-corrected chi connectivity index (χ3v) is 4.48. The Morgan fingerprint density at radius 3 is 2.47 bits per heavy atom. The zero-order valence-electron chi connectivity index (χ0n) is 12.4. The summed E-state index contributed by atoms with van der Waals surface area (Å²) >= 11 is 0. The molecule has 1 spiro atoms. The van der Waals surface area contributed by atoms with E-state index >= 15 is 0 Å². The van der Waals surface area contributed by atoms with Crippen molar-refractivity contribution in [2.45, 2.75) is 70.9 Å². The third kappa shape index (κ3) is 2.49. The summed E-state index contributed by atoms with van der Waals surface area (Å²) in [7, 11) is 0. The van der Waals surface area contributed by atoms with Gasteiger partial charge in [-0.3, -0.25) is 9.59 Å². The Labute approximate surface area is 115 Å². The standard InChI is InChI=1S/C15H26N2O2/c1-4-5-10-17-12(11(2)3)13(18)16-15(14(17)19)8-6-7-9-15/h11-12H,4-10H2,1-3H3,(H,16,18). The number of hydrogen-bond donors (Lipinski definition) is 1. The lowest BCUT2D eigenvalue weighted by Crippen LogP contribution is -2.70. The quantitative estimate of drug-likeness (QED) is 0.847. The Bertz CT molecular complexity index is 359. The van der Waals surface area contributed by atoms with Gasteiger partial charge in [-0.25, -0.2) is 0 Å². The molecule has 108 valence electrons. The number of unbranched alkanes of at least 4 members (excludes halogenated alkanes) is 1. The SMILES string of the molecule is CCCCN1C(=O)C2(CCCC2)NC(=O)C1C(C)C. The van der Waals surface area contributed by atoms with E-state index in [1.54, 1.807) is 0 Å². The molecule has 0 aromatic carbocycles. The highest BCUT2D eigenvalue weighted by Gasteiger charge is 2.52. The summed E-state index contributed by atoms with van der Waals surface area (Å²) in [5, 5.41) is 3.05. The fourth-order valence-corrected chi connectivity index (χ4v) is 3.46. The van der Waals surface area contributed by atoms with Crippen LogP contribution in [0, 0.1) is 5.92 Å². The van der Waals surface area contributed by atoms with Crippen molar-refractivity contribution < 1.29 is 9.59 Å². The topological polar surface area (TPSA) is 49.4 Å². The monoisotopic (exact) mass is 266 g/mol. The smallest absolute Gasteiger partial charge is 0.249 e. The second-order valence-corrected chi connectivity index (χ2v) is 6.32. The molecule has 4 nitrogen and oxygen atoms in total. The highest BCUT2D eigenvalue weighted by Crippen LogP contribution is 2.35. The summed E-state index contributed by atoms with van der Waals surface area (Å²) < 4.78 is 0. The molecular weight excluding hydrogens is 240 g/mol. The second kappa shape index (κ2) is 5.51. The summed E-state index contributed by atoms with van der Waals surface area (Å²) in [5.74, 6) is 0.379.